The Kier molecular flexibility index (Phi) is 3.78. The number of anilines is 2. The summed E-state index contributed by atoms with van der Waals surface area (Å²) in [6, 6.07) is 4.09. The van der Waals surface area contributed by atoms with E-state index in [1.807, 2.05) is 5.32 Å². The molecule has 1 aromatic carbocycles. The van der Waals surface area contributed by atoms with Crippen LogP contribution in [0.1, 0.15) is 6.92 Å². The van der Waals surface area contributed by atoms with Crippen molar-refractivity contribution in [2.75, 3.05) is 11.1 Å². The van der Waals surface area contributed by atoms with Crippen molar-refractivity contribution < 1.29 is 23.1 Å². The van der Waals surface area contributed by atoms with Crippen LogP contribution in [0.5, 0.6) is 0 Å². The van der Waals surface area contributed by atoms with Crippen molar-refractivity contribution in [2.45, 2.75) is 18.7 Å². The standard InChI is InChI=1S/C10H10ClF3N2O2/c1-9(18,10(12,13)14)8(17)16-6-4-2-3-5(15)7(6)11/h2-4,18H,15H2,1H3,(H,16,17)/t9-/m1/s1. The van der Waals surface area contributed by atoms with Gasteiger partial charge in [-0.25, -0.2) is 0 Å². The van der Waals surface area contributed by atoms with E-state index < -0.39 is 17.7 Å². The smallest absolute Gasteiger partial charge is 0.397 e. The van der Waals surface area contributed by atoms with Crippen LogP contribution in [0.3, 0.4) is 0 Å². The molecule has 1 atom stereocenters. The average Bonchev–Trinajstić information content (AvgIpc) is 2.23. The molecule has 8 heteroatoms. The first-order valence-electron chi connectivity index (χ1n) is 4.72. The van der Waals surface area contributed by atoms with Gasteiger partial charge in [-0.2, -0.15) is 13.2 Å². The number of halogens is 4. The van der Waals surface area contributed by atoms with E-state index in [1.54, 1.807) is 0 Å². The molecule has 0 aliphatic carbocycles. The number of aliphatic hydroxyl groups is 1. The predicted molar refractivity (Wildman–Crippen MR) is 61.2 cm³/mol. The van der Waals surface area contributed by atoms with Crippen LogP contribution in [-0.4, -0.2) is 22.8 Å². The normalized spacial score (nSPS) is 15.0. The SMILES string of the molecule is C[C@@](O)(C(=O)Nc1cccc(N)c1Cl)C(F)(F)F. The van der Waals surface area contributed by atoms with E-state index in [9.17, 15) is 18.0 Å². The van der Waals surface area contributed by atoms with Crippen LogP contribution in [0, 0.1) is 0 Å². The zero-order chi connectivity index (χ0) is 14.1. The lowest BCUT2D eigenvalue weighted by Crippen LogP contribution is -2.52. The van der Waals surface area contributed by atoms with Gasteiger partial charge in [0.15, 0.2) is 0 Å². The first-order valence-corrected chi connectivity index (χ1v) is 5.09. The monoisotopic (exact) mass is 282 g/mol. The molecule has 0 aromatic heterocycles. The third-order valence-electron chi connectivity index (χ3n) is 2.27. The number of alkyl halides is 3. The first-order chi connectivity index (χ1) is 8.07. The van der Waals surface area contributed by atoms with Gasteiger partial charge in [0.2, 0.25) is 5.60 Å². The lowest BCUT2D eigenvalue weighted by atomic mass is 10.1. The molecule has 0 aliphatic rings. The van der Waals surface area contributed by atoms with Crippen molar-refractivity contribution in [3.63, 3.8) is 0 Å². The van der Waals surface area contributed by atoms with Crippen LogP contribution in [0.25, 0.3) is 0 Å². The van der Waals surface area contributed by atoms with Crippen LogP contribution < -0.4 is 11.1 Å². The molecular formula is C10H10ClF3N2O2. The van der Waals surface area contributed by atoms with Crippen molar-refractivity contribution in [1.82, 2.24) is 0 Å². The van der Waals surface area contributed by atoms with Crippen molar-refractivity contribution in [3.8, 4) is 0 Å². The molecule has 0 fully saturated rings. The van der Waals surface area contributed by atoms with E-state index >= 15 is 0 Å². The van der Waals surface area contributed by atoms with Crippen molar-refractivity contribution >= 4 is 28.9 Å². The van der Waals surface area contributed by atoms with Gasteiger partial charge in [0.25, 0.3) is 5.91 Å². The second-order valence-electron chi connectivity index (χ2n) is 3.73. The molecule has 0 spiro atoms. The molecule has 0 aliphatic heterocycles. The third-order valence-corrected chi connectivity index (χ3v) is 2.69. The van der Waals surface area contributed by atoms with Gasteiger partial charge in [0, 0.05) is 0 Å². The van der Waals surface area contributed by atoms with Crippen molar-refractivity contribution in [2.24, 2.45) is 0 Å². The van der Waals surface area contributed by atoms with Crippen LogP contribution in [0.2, 0.25) is 5.02 Å². The number of amides is 1. The maximum atomic E-state index is 12.4. The van der Waals surface area contributed by atoms with Crippen molar-refractivity contribution in [1.29, 1.82) is 0 Å². The summed E-state index contributed by atoms with van der Waals surface area (Å²) >= 11 is 5.70. The van der Waals surface area contributed by atoms with Gasteiger partial charge in [-0.15, -0.1) is 0 Å². The zero-order valence-electron chi connectivity index (χ0n) is 9.18. The van der Waals surface area contributed by atoms with Crippen molar-refractivity contribution in [3.05, 3.63) is 23.2 Å². The van der Waals surface area contributed by atoms with Crippen LogP contribution >= 0.6 is 11.6 Å². The summed E-state index contributed by atoms with van der Waals surface area (Å²) in [5, 5.41) is 10.9. The highest BCUT2D eigenvalue weighted by molar-refractivity contribution is 6.36. The maximum absolute atomic E-state index is 12.4. The Bertz CT molecular complexity index is 475. The summed E-state index contributed by atoms with van der Waals surface area (Å²) < 4.78 is 37.2. The Morgan fingerprint density at radius 3 is 2.50 bits per heavy atom. The Morgan fingerprint density at radius 1 is 1.44 bits per heavy atom. The molecule has 0 radical (unpaired) electrons. The highest BCUT2D eigenvalue weighted by Gasteiger charge is 2.55. The summed E-state index contributed by atoms with van der Waals surface area (Å²) in [4.78, 5) is 11.4. The predicted octanol–water partition coefficient (Wildman–Crippen LogP) is 2.17. The molecule has 100 valence electrons. The summed E-state index contributed by atoms with van der Waals surface area (Å²) in [6.07, 6.45) is -5.09. The number of nitrogen functional groups attached to an aromatic ring is 1. The number of carbonyl (C=O) groups is 1. The largest absolute Gasteiger partial charge is 0.426 e. The number of nitrogens with one attached hydrogen (secondary N) is 1. The minimum atomic E-state index is -5.09. The topological polar surface area (TPSA) is 75.3 Å². The van der Waals surface area contributed by atoms with Gasteiger partial charge in [-0.1, -0.05) is 17.7 Å². The average molecular weight is 283 g/mol. The second-order valence-corrected chi connectivity index (χ2v) is 4.11. The van der Waals surface area contributed by atoms with Crippen LogP contribution in [0.15, 0.2) is 18.2 Å². The number of hydrogen-bond acceptors (Lipinski definition) is 3. The molecule has 0 bridgehead atoms. The highest BCUT2D eigenvalue weighted by Crippen LogP contribution is 2.33. The second kappa shape index (κ2) is 4.66. The third kappa shape index (κ3) is 2.68. The van der Waals surface area contributed by atoms with Gasteiger partial charge in [-0.3, -0.25) is 4.79 Å². The van der Waals surface area contributed by atoms with Gasteiger partial charge in [-0.05, 0) is 19.1 Å². The van der Waals surface area contributed by atoms with Crippen LogP contribution in [0.4, 0.5) is 24.5 Å². The fourth-order valence-electron chi connectivity index (χ4n) is 1.02. The zero-order valence-corrected chi connectivity index (χ0v) is 9.93. The number of benzene rings is 1. The van der Waals surface area contributed by atoms with Gasteiger partial charge >= 0.3 is 6.18 Å². The Morgan fingerprint density at radius 2 is 2.00 bits per heavy atom. The lowest BCUT2D eigenvalue weighted by Gasteiger charge is -2.25. The molecule has 0 saturated heterocycles. The molecule has 1 aromatic rings. The Balaban J connectivity index is 2.99. The molecule has 4 nitrogen and oxygen atoms in total. The number of rotatable bonds is 2. The lowest BCUT2D eigenvalue weighted by molar-refractivity contribution is -0.242. The van der Waals surface area contributed by atoms with E-state index in [1.165, 1.54) is 18.2 Å². The molecule has 4 N–H and O–H groups in total. The van der Waals surface area contributed by atoms with Gasteiger partial charge in [0.05, 0.1) is 16.4 Å². The van der Waals surface area contributed by atoms with Crippen LogP contribution in [-0.2, 0) is 4.79 Å². The van der Waals surface area contributed by atoms with Gasteiger partial charge in [0.1, 0.15) is 0 Å². The maximum Gasteiger partial charge on any atom is 0.426 e. The molecule has 0 heterocycles. The fraction of sp³-hybridized carbons (Fsp3) is 0.300. The molecule has 0 saturated carbocycles. The van der Waals surface area contributed by atoms with E-state index in [0.717, 1.165) is 0 Å². The molecule has 1 amide bonds. The first kappa shape index (κ1) is 14.6. The summed E-state index contributed by atoms with van der Waals surface area (Å²) in [5.41, 5.74) is 1.90. The molecule has 18 heavy (non-hydrogen) atoms. The summed E-state index contributed by atoms with van der Waals surface area (Å²) in [5.74, 6) is -1.64. The van der Waals surface area contributed by atoms with E-state index in [2.05, 4.69) is 0 Å². The molecule has 0 unspecified atom stereocenters. The molecular weight excluding hydrogens is 273 g/mol. The summed E-state index contributed by atoms with van der Waals surface area (Å²) in [6.45, 7) is 0.350. The minimum absolute atomic E-state index is 0.0937. The van der Waals surface area contributed by atoms with Gasteiger partial charge < -0.3 is 16.2 Å². The number of carbonyl (C=O) groups excluding carboxylic acids is 1. The summed E-state index contributed by atoms with van der Waals surface area (Å²) in [7, 11) is 0. The number of nitrogens with two attached hydrogens (primary N) is 1. The fourth-order valence-corrected chi connectivity index (χ4v) is 1.19. The number of hydrogen-bond donors (Lipinski definition) is 3. The highest BCUT2D eigenvalue weighted by atomic mass is 35.5. The Labute approximate surface area is 106 Å². The Hall–Kier alpha value is -1.47. The quantitative estimate of drug-likeness (QED) is 0.728. The van der Waals surface area contributed by atoms with E-state index in [0.29, 0.717) is 6.92 Å². The van der Waals surface area contributed by atoms with E-state index in [4.69, 9.17) is 22.4 Å². The molecule has 1 rings (SSSR count). The van der Waals surface area contributed by atoms with E-state index in [-0.39, 0.29) is 16.4 Å². The minimum Gasteiger partial charge on any atom is -0.397 e.